The number of rotatable bonds is 3. The number of benzene rings is 1. The van der Waals surface area contributed by atoms with Crippen molar-refractivity contribution in [3.8, 4) is 5.75 Å². The van der Waals surface area contributed by atoms with Crippen LogP contribution in [0.15, 0.2) is 30.3 Å². The fourth-order valence-electron chi connectivity index (χ4n) is 1.31. The fourth-order valence-corrected chi connectivity index (χ4v) is 1.31. The molecule has 0 unspecified atom stereocenters. The van der Waals surface area contributed by atoms with E-state index in [9.17, 15) is 18.0 Å². The minimum atomic E-state index is -4.39. The van der Waals surface area contributed by atoms with Gasteiger partial charge in [-0.15, -0.1) is 0 Å². The van der Waals surface area contributed by atoms with Crippen molar-refractivity contribution >= 4 is 5.97 Å². The molecule has 0 aliphatic carbocycles. The molecule has 18 heavy (non-hydrogen) atoms. The minimum Gasteiger partial charge on any atom is -0.426 e. The Morgan fingerprint density at radius 2 is 1.67 bits per heavy atom. The van der Waals surface area contributed by atoms with Crippen molar-refractivity contribution in [3.63, 3.8) is 0 Å². The van der Waals surface area contributed by atoms with Crippen LogP contribution < -0.4 is 4.74 Å². The molecular formula is C12H13F3O2Zn. The van der Waals surface area contributed by atoms with Gasteiger partial charge in [0.15, 0.2) is 0 Å². The molecule has 0 saturated heterocycles. The van der Waals surface area contributed by atoms with Crippen LogP contribution in [0.2, 0.25) is 0 Å². The van der Waals surface area contributed by atoms with Crippen molar-refractivity contribution < 1.29 is 42.2 Å². The van der Waals surface area contributed by atoms with Gasteiger partial charge >= 0.3 is 12.1 Å². The molecule has 1 aromatic rings. The molecule has 0 N–H and O–H groups in total. The largest absolute Gasteiger partial charge is 0.426 e. The Bertz CT molecular complexity index is 388. The second-order valence-electron chi connectivity index (χ2n) is 4.38. The molecule has 96 valence electrons. The van der Waals surface area contributed by atoms with Crippen molar-refractivity contribution in [1.82, 2.24) is 0 Å². The van der Waals surface area contributed by atoms with Crippen LogP contribution >= 0.6 is 0 Å². The molecule has 0 aliphatic heterocycles. The van der Waals surface area contributed by atoms with E-state index in [1.165, 1.54) is 26.0 Å². The Balaban J connectivity index is 0.00000289. The summed E-state index contributed by atoms with van der Waals surface area (Å²) in [4.78, 5) is 11.6. The average molecular weight is 312 g/mol. The number of carbonyl (C=O) groups is 1. The van der Waals surface area contributed by atoms with Crippen LogP contribution in [-0.4, -0.2) is 12.1 Å². The molecule has 0 spiro atoms. The molecule has 0 fully saturated rings. The third kappa shape index (κ3) is 5.63. The van der Waals surface area contributed by atoms with Gasteiger partial charge in [-0.3, -0.25) is 4.79 Å². The maximum Gasteiger partial charge on any atom is 0.390 e. The number of hydrogen-bond acceptors (Lipinski definition) is 2. The molecule has 1 aromatic carbocycles. The summed E-state index contributed by atoms with van der Waals surface area (Å²) in [7, 11) is 0. The van der Waals surface area contributed by atoms with E-state index in [1.807, 2.05) is 0 Å². The molecule has 0 heterocycles. The van der Waals surface area contributed by atoms with Gasteiger partial charge in [0.2, 0.25) is 0 Å². The zero-order valence-electron chi connectivity index (χ0n) is 10.3. The number of alkyl halides is 3. The van der Waals surface area contributed by atoms with Gasteiger partial charge in [-0.2, -0.15) is 13.2 Å². The van der Waals surface area contributed by atoms with Crippen LogP contribution in [0.25, 0.3) is 0 Å². The summed E-state index contributed by atoms with van der Waals surface area (Å²) in [6.45, 7) is 2.43. The summed E-state index contributed by atoms with van der Waals surface area (Å²) >= 11 is 0. The first-order chi connectivity index (χ1) is 7.71. The first kappa shape index (κ1) is 17.1. The summed E-state index contributed by atoms with van der Waals surface area (Å²) in [6.07, 6.45) is -5.59. The molecule has 0 aliphatic rings. The predicted molar refractivity (Wildman–Crippen MR) is 56.5 cm³/mol. The second-order valence-corrected chi connectivity index (χ2v) is 4.38. The van der Waals surface area contributed by atoms with E-state index in [4.69, 9.17) is 4.74 Å². The second kappa shape index (κ2) is 6.32. The van der Waals surface area contributed by atoms with E-state index in [1.54, 1.807) is 18.2 Å². The van der Waals surface area contributed by atoms with Gasteiger partial charge in [-0.25, -0.2) is 0 Å². The van der Waals surface area contributed by atoms with Crippen molar-refractivity contribution in [2.45, 2.75) is 26.4 Å². The Hall–Kier alpha value is -0.897. The zero-order chi connectivity index (χ0) is 13.1. The fraction of sp³-hybridized carbons (Fsp3) is 0.417. The van der Waals surface area contributed by atoms with Gasteiger partial charge in [0.25, 0.3) is 0 Å². The molecule has 0 amide bonds. The molecule has 0 aromatic heterocycles. The summed E-state index contributed by atoms with van der Waals surface area (Å²) < 4.78 is 41.6. The maximum atomic E-state index is 12.2. The smallest absolute Gasteiger partial charge is 0.390 e. The average Bonchev–Trinajstić information content (AvgIpc) is 2.15. The Kier molecular flexibility index (Phi) is 6.01. The maximum absolute atomic E-state index is 12.2. The Labute approximate surface area is 116 Å². The molecule has 0 saturated carbocycles. The van der Waals surface area contributed by atoms with Gasteiger partial charge in [-0.1, -0.05) is 18.2 Å². The third-order valence-electron chi connectivity index (χ3n) is 2.15. The SMILES string of the molecule is CC(C)(CC(F)(F)F)C(=O)Oc1ccccc1.[Zn]. The zero-order valence-corrected chi connectivity index (χ0v) is 13.2. The van der Waals surface area contributed by atoms with Crippen LogP contribution in [0.4, 0.5) is 13.2 Å². The molecule has 2 nitrogen and oxygen atoms in total. The van der Waals surface area contributed by atoms with Crippen molar-refractivity contribution in [1.29, 1.82) is 0 Å². The molecule has 0 atom stereocenters. The number of hydrogen-bond donors (Lipinski definition) is 0. The van der Waals surface area contributed by atoms with E-state index >= 15 is 0 Å². The molecule has 0 radical (unpaired) electrons. The predicted octanol–water partition coefficient (Wildman–Crippen LogP) is 3.57. The molecular weight excluding hydrogens is 299 g/mol. The third-order valence-corrected chi connectivity index (χ3v) is 2.15. The van der Waals surface area contributed by atoms with E-state index in [2.05, 4.69) is 0 Å². The van der Waals surface area contributed by atoms with Gasteiger partial charge in [0.05, 0.1) is 11.8 Å². The standard InChI is InChI=1S/C12H13F3O2.Zn/c1-11(2,8-12(13,14)15)10(16)17-9-6-4-3-5-7-9;/h3-7H,8H2,1-2H3;. The monoisotopic (exact) mass is 310 g/mol. The van der Waals surface area contributed by atoms with Crippen LogP contribution in [-0.2, 0) is 24.3 Å². The normalized spacial score (nSPS) is 11.6. The molecule has 1 rings (SSSR count). The first-order valence-corrected chi connectivity index (χ1v) is 5.05. The number of para-hydroxylation sites is 1. The van der Waals surface area contributed by atoms with Gasteiger partial charge < -0.3 is 4.74 Å². The summed E-state index contributed by atoms with van der Waals surface area (Å²) in [6, 6.07) is 8.03. The van der Waals surface area contributed by atoms with Crippen LogP contribution in [0.1, 0.15) is 20.3 Å². The van der Waals surface area contributed by atoms with E-state index < -0.39 is 24.0 Å². The Morgan fingerprint density at radius 3 is 2.11 bits per heavy atom. The molecule has 0 bridgehead atoms. The van der Waals surface area contributed by atoms with Crippen LogP contribution in [0, 0.1) is 5.41 Å². The summed E-state index contributed by atoms with van der Waals surface area (Å²) in [5.41, 5.74) is -1.59. The van der Waals surface area contributed by atoms with Crippen molar-refractivity contribution in [3.05, 3.63) is 30.3 Å². The van der Waals surface area contributed by atoms with Crippen molar-refractivity contribution in [2.75, 3.05) is 0 Å². The first-order valence-electron chi connectivity index (χ1n) is 5.05. The van der Waals surface area contributed by atoms with E-state index in [0.717, 1.165) is 0 Å². The summed E-state index contributed by atoms with van der Waals surface area (Å²) in [5.74, 6) is -0.645. The number of carbonyl (C=O) groups excluding carboxylic acids is 1. The van der Waals surface area contributed by atoms with Crippen LogP contribution in [0.5, 0.6) is 5.75 Å². The Morgan fingerprint density at radius 1 is 1.17 bits per heavy atom. The molecule has 6 heteroatoms. The van der Waals surface area contributed by atoms with Gasteiger partial charge in [-0.05, 0) is 26.0 Å². The number of ether oxygens (including phenoxy) is 1. The van der Waals surface area contributed by atoms with Crippen LogP contribution in [0.3, 0.4) is 0 Å². The minimum absolute atomic E-state index is 0. The number of esters is 1. The van der Waals surface area contributed by atoms with E-state index in [-0.39, 0.29) is 25.2 Å². The topological polar surface area (TPSA) is 26.3 Å². The van der Waals surface area contributed by atoms with Gasteiger partial charge in [0.1, 0.15) is 5.75 Å². The van der Waals surface area contributed by atoms with E-state index in [0.29, 0.717) is 0 Å². The number of halogens is 3. The van der Waals surface area contributed by atoms with Crippen molar-refractivity contribution in [2.24, 2.45) is 5.41 Å². The quantitative estimate of drug-likeness (QED) is 0.484. The van der Waals surface area contributed by atoms with Gasteiger partial charge in [0, 0.05) is 19.5 Å². The summed E-state index contributed by atoms with van der Waals surface area (Å²) in [5, 5.41) is 0.